The van der Waals surface area contributed by atoms with E-state index in [1.165, 1.54) is 5.56 Å². The molecule has 0 N–H and O–H groups in total. The van der Waals surface area contributed by atoms with Gasteiger partial charge in [0.1, 0.15) is 11.5 Å². The van der Waals surface area contributed by atoms with E-state index in [1.807, 2.05) is 52.3 Å². The second kappa shape index (κ2) is 8.15. The number of carbonyl (C=O) groups excluding carboxylic acids is 1. The maximum Gasteiger partial charge on any atom is 0.320 e. The van der Waals surface area contributed by atoms with Gasteiger partial charge in [0.25, 0.3) is 0 Å². The van der Waals surface area contributed by atoms with Gasteiger partial charge in [-0.05, 0) is 42.7 Å². The van der Waals surface area contributed by atoms with E-state index >= 15 is 0 Å². The van der Waals surface area contributed by atoms with E-state index in [-0.39, 0.29) is 6.03 Å². The lowest BCUT2D eigenvalue weighted by Gasteiger charge is -2.46. The number of nitrogens with zero attached hydrogens (tertiary/aromatic N) is 2. The fourth-order valence-electron chi connectivity index (χ4n) is 4.73. The predicted molar refractivity (Wildman–Crippen MR) is 116 cm³/mol. The van der Waals surface area contributed by atoms with Crippen LogP contribution in [0, 0.1) is 5.92 Å². The molecule has 2 aromatic rings. The quantitative estimate of drug-likeness (QED) is 0.699. The average Bonchev–Trinajstić information content (AvgIpc) is 2.74. The van der Waals surface area contributed by atoms with Gasteiger partial charge in [-0.3, -0.25) is 0 Å². The average molecular weight is 405 g/mol. The van der Waals surface area contributed by atoms with Crippen molar-refractivity contribution in [3.63, 3.8) is 0 Å². The number of rotatable bonds is 3. The van der Waals surface area contributed by atoms with Crippen molar-refractivity contribution in [1.29, 1.82) is 0 Å². The number of carbonyl (C=O) groups is 1. The van der Waals surface area contributed by atoms with Crippen molar-refractivity contribution in [3.8, 4) is 11.5 Å². The number of amides is 2. The van der Waals surface area contributed by atoms with Crippen LogP contribution in [0.25, 0.3) is 0 Å². The van der Waals surface area contributed by atoms with Crippen molar-refractivity contribution < 1.29 is 14.3 Å². The Bertz CT molecular complexity index is 906. The van der Waals surface area contributed by atoms with E-state index in [1.54, 1.807) is 0 Å². The maximum absolute atomic E-state index is 12.9. The number of fused-ring (bicyclic) bond motifs is 1. The molecule has 2 amide bonds. The van der Waals surface area contributed by atoms with E-state index in [2.05, 4.69) is 18.7 Å². The van der Waals surface area contributed by atoms with E-state index < -0.39 is 0 Å². The third kappa shape index (κ3) is 3.94. The molecule has 0 unspecified atom stereocenters. The Morgan fingerprint density at radius 2 is 1.70 bits per heavy atom. The lowest BCUT2D eigenvalue weighted by Crippen LogP contribution is -2.57. The molecule has 5 heteroatoms. The molecule has 3 saturated heterocycles. The summed E-state index contributed by atoms with van der Waals surface area (Å²) in [5.74, 6) is 2.46. The molecule has 3 aliphatic rings. The summed E-state index contributed by atoms with van der Waals surface area (Å²) in [7, 11) is 0. The molecule has 0 aliphatic carbocycles. The SMILES string of the molecule is C=C1CO[C@H]2CCN(C(=O)N3CC(c4ccc(Oc5ccccc5)cc4)C3)C[C@@H]2C1. The highest BCUT2D eigenvalue weighted by Crippen LogP contribution is 2.33. The largest absolute Gasteiger partial charge is 0.457 e. The Kier molecular flexibility index (Phi) is 5.21. The first kappa shape index (κ1) is 19.2. The zero-order valence-electron chi connectivity index (χ0n) is 17.2. The fraction of sp³-hybridized carbons (Fsp3) is 0.400. The van der Waals surface area contributed by atoms with Crippen molar-refractivity contribution in [1.82, 2.24) is 9.80 Å². The molecular formula is C25H28N2O3. The zero-order chi connectivity index (χ0) is 20.5. The minimum absolute atomic E-state index is 0.171. The number of ether oxygens (including phenoxy) is 2. The van der Waals surface area contributed by atoms with E-state index in [0.717, 1.165) is 56.1 Å². The van der Waals surface area contributed by atoms with Gasteiger partial charge in [-0.15, -0.1) is 0 Å². The summed E-state index contributed by atoms with van der Waals surface area (Å²) < 4.78 is 11.8. The number of urea groups is 1. The molecule has 0 aromatic heterocycles. The molecule has 3 aliphatic heterocycles. The number of piperidine rings is 1. The normalized spacial score (nSPS) is 24.2. The Hall–Kier alpha value is -2.79. The third-order valence-electron chi connectivity index (χ3n) is 6.47. The number of hydrogen-bond acceptors (Lipinski definition) is 3. The first-order valence-corrected chi connectivity index (χ1v) is 10.8. The van der Waals surface area contributed by atoms with Gasteiger partial charge in [-0.1, -0.05) is 42.5 Å². The highest BCUT2D eigenvalue weighted by Gasteiger charge is 2.39. The topological polar surface area (TPSA) is 42.0 Å². The number of hydrogen-bond donors (Lipinski definition) is 0. The zero-order valence-corrected chi connectivity index (χ0v) is 17.2. The number of benzene rings is 2. The minimum Gasteiger partial charge on any atom is -0.457 e. The first-order chi connectivity index (χ1) is 14.7. The van der Waals surface area contributed by atoms with Crippen LogP contribution in [0.5, 0.6) is 11.5 Å². The Morgan fingerprint density at radius 3 is 2.47 bits per heavy atom. The van der Waals surface area contributed by atoms with E-state index in [0.29, 0.717) is 24.5 Å². The van der Waals surface area contributed by atoms with Crippen molar-refractivity contribution in [2.45, 2.75) is 24.9 Å². The van der Waals surface area contributed by atoms with Crippen LogP contribution in [0.3, 0.4) is 0 Å². The first-order valence-electron chi connectivity index (χ1n) is 10.8. The van der Waals surface area contributed by atoms with Gasteiger partial charge in [0.15, 0.2) is 0 Å². The van der Waals surface area contributed by atoms with Crippen LogP contribution in [0.15, 0.2) is 66.7 Å². The highest BCUT2D eigenvalue weighted by atomic mass is 16.5. The number of para-hydroxylation sites is 1. The van der Waals surface area contributed by atoms with Crippen LogP contribution in [-0.2, 0) is 4.74 Å². The van der Waals surface area contributed by atoms with Crippen LogP contribution in [0.1, 0.15) is 24.3 Å². The molecular weight excluding hydrogens is 376 g/mol. The molecule has 0 saturated carbocycles. The lowest BCUT2D eigenvalue weighted by molar-refractivity contribution is -0.0407. The molecule has 3 fully saturated rings. The molecule has 0 spiro atoms. The van der Waals surface area contributed by atoms with E-state index in [4.69, 9.17) is 9.47 Å². The van der Waals surface area contributed by atoms with E-state index in [9.17, 15) is 4.79 Å². The Labute approximate surface area is 177 Å². The summed E-state index contributed by atoms with van der Waals surface area (Å²) in [6.07, 6.45) is 2.21. The monoisotopic (exact) mass is 404 g/mol. The molecule has 0 bridgehead atoms. The van der Waals surface area contributed by atoms with Crippen LogP contribution >= 0.6 is 0 Å². The molecule has 3 heterocycles. The van der Waals surface area contributed by atoms with Gasteiger partial charge in [-0.2, -0.15) is 0 Å². The van der Waals surface area contributed by atoms with Gasteiger partial charge >= 0.3 is 6.03 Å². The van der Waals surface area contributed by atoms with Crippen molar-refractivity contribution in [2.75, 3.05) is 32.8 Å². The third-order valence-corrected chi connectivity index (χ3v) is 6.47. The standard InChI is InChI=1S/C25H28N2O3/c1-18-13-20-14-26(12-11-24(20)29-17-18)25(28)27-15-21(16-27)19-7-9-23(10-8-19)30-22-5-3-2-4-6-22/h2-10,20-21,24H,1,11-17H2/t20-,24-/m0/s1. The lowest BCUT2D eigenvalue weighted by atomic mass is 9.86. The van der Waals surface area contributed by atoms with Crippen LogP contribution in [0.4, 0.5) is 4.79 Å². The van der Waals surface area contributed by atoms with Crippen LogP contribution in [-0.4, -0.2) is 54.7 Å². The Balaban J connectivity index is 1.13. The van der Waals surface area contributed by atoms with Gasteiger partial charge in [0.05, 0.1) is 12.7 Å². The molecule has 0 radical (unpaired) electrons. The molecule has 156 valence electrons. The van der Waals surface area contributed by atoms with Gasteiger partial charge in [-0.25, -0.2) is 4.79 Å². The maximum atomic E-state index is 12.9. The summed E-state index contributed by atoms with van der Waals surface area (Å²) in [6, 6.07) is 18.2. The van der Waals surface area contributed by atoms with Gasteiger partial charge in [0.2, 0.25) is 0 Å². The smallest absolute Gasteiger partial charge is 0.320 e. The second-order valence-corrected chi connectivity index (χ2v) is 8.67. The highest BCUT2D eigenvalue weighted by molar-refractivity contribution is 5.76. The van der Waals surface area contributed by atoms with Crippen molar-refractivity contribution >= 4 is 6.03 Å². The Morgan fingerprint density at radius 1 is 0.967 bits per heavy atom. The van der Waals surface area contributed by atoms with Gasteiger partial charge < -0.3 is 19.3 Å². The molecule has 2 aromatic carbocycles. The minimum atomic E-state index is 0.171. The fourth-order valence-corrected chi connectivity index (χ4v) is 4.73. The second-order valence-electron chi connectivity index (χ2n) is 8.67. The van der Waals surface area contributed by atoms with Gasteiger partial charge in [0, 0.05) is 38.0 Å². The van der Waals surface area contributed by atoms with Crippen molar-refractivity contribution in [3.05, 3.63) is 72.3 Å². The molecule has 30 heavy (non-hydrogen) atoms. The van der Waals surface area contributed by atoms with Crippen LogP contribution < -0.4 is 4.74 Å². The molecule has 2 atom stereocenters. The summed E-state index contributed by atoms with van der Waals surface area (Å²) >= 11 is 0. The van der Waals surface area contributed by atoms with Crippen molar-refractivity contribution in [2.24, 2.45) is 5.92 Å². The van der Waals surface area contributed by atoms with Crippen LogP contribution in [0.2, 0.25) is 0 Å². The molecule has 5 nitrogen and oxygen atoms in total. The summed E-state index contributed by atoms with van der Waals surface area (Å²) in [4.78, 5) is 16.9. The predicted octanol–water partition coefficient (Wildman–Crippen LogP) is 4.67. The summed E-state index contributed by atoms with van der Waals surface area (Å²) in [5, 5.41) is 0. The summed E-state index contributed by atoms with van der Waals surface area (Å²) in [5.41, 5.74) is 2.41. The molecule has 5 rings (SSSR count). The summed E-state index contributed by atoms with van der Waals surface area (Å²) in [6.45, 7) is 7.89. The number of likely N-dealkylation sites (tertiary alicyclic amines) is 2.